The minimum Gasteiger partial charge on any atom is -0.300 e. The maximum absolute atomic E-state index is 12.2. The number of allylic oxidation sites excluding steroid dienone is 1. The van der Waals surface area contributed by atoms with Crippen molar-refractivity contribution in [3.05, 3.63) is 76.9 Å². The molecule has 0 aliphatic rings. The molecule has 2 rings (SSSR count). The second-order valence-corrected chi connectivity index (χ2v) is 5.72. The lowest BCUT2D eigenvalue weighted by Crippen LogP contribution is -2.21. The summed E-state index contributed by atoms with van der Waals surface area (Å²) in [5.41, 5.74) is 4.13. The van der Waals surface area contributed by atoms with E-state index >= 15 is 0 Å². The van der Waals surface area contributed by atoms with Crippen molar-refractivity contribution in [1.29, 1.82) is 0 Å². The van der Waals surface area contributed by atoms with Crippen LogP contribution in [0.4, 0.5) is 0 Å². The van der Waals surface area contributed by atoms with Gasteiger partial charge < -0.3 is 0 Å². The lowest BCUT2D eigenvalue weighted by Gasteiger charge is -2.17. The van der Waals surface area contributed by atoms with Crippen LogP contribution in [0.5, 0.6) is 0 Å². The Kier molecular flexibility index (Phi) is 6.30. The molecule has 0 aromatic heterocycles. The highest BCUT2D eigenvalue weighted by Gasteiger charge is 2.04. The SMILES string of the molecule is CCN(CC)Cc1ccc(C=CC(=O)c2ccccc2C)cc1. The zero-order chi connectivity index (χ0) is 16.7. The van der Waals surface area contributed by atoms with Crippen LogP contribution in [0.1, 0.15) is 40.9 Å². The quantitative estimate of drug-likeness (QED) is 0.544. The molecule has 0 aliphatic heterocycles. The minimum atomic E-state index is 0.0512. The number of nitrogens with zero attached hydrogens (tertiary/aromatic N) is 1. The summed E-state index contributed by atoms with van der Waals surface area (Å²) in [6.07, 6.45) is 3.54. The number of aryl methyl sites for hydroxylation is 1. The van der Waals surface area contributed by atoms with Gasteiger partial charge in [-0.15, -0.1) is 0 Å². The molecule has 2 heteroatoms. The molecule has 0 atom stereocenters. The predicted molar refractivity (Wildman–Crippen MR) is 97.6 cm³/mol. The van der Waals surface area contributed by atoms with Crippen LogP contribution in [-0.2, 0) is 6.54 Å². The molecule has 0 N–H and O–H groups in total. The van der Waals surface area contributed by atoms with Gasteiger partial charge in [-0.25, -0.2) is 0 Å². The Morgan fingerprint density at radius 1 is 1.00 bits per heavy atom. The van der Waals surface area contributed by atoms with Crippen LogP contribution in [0, 0.1) is 6.92 Å². The van der Waals surface area contributed by atoms with Gasteiger partial charge in [0.15, 0.2) is 5.78 Å². The summed E-state index contributed by atoms with van der Waals surface area (Å²) in [5.74, 6) is 0.0512. The van der Waals surface area contributed by atoms with E-state index in [1.165, 1.54) is 5.56 Å². The van der Waals surface area contributed by atoms with Crippen LogP contribution < -0.4 is 0 Å². The van der Waals surface area contributed by atoms with Crippen LogP contribution in [-0.4, -0.2) is 23.8 Å². The normalized spacial score (nSPS) is 11.3. The molecule has 0 saturated carbocycles. The predicted octanol–water partition coefficient (Wildman–Crippen LogP) is 4.73. The van der Waals surface area contributed by atoms with Gasteiger partial charge >= 0.3 is 0 Å². The zero-order valence-electron chi connectivity index (χ0n) is 14.3. The van der Waals surface area contributed by atoms with Crippen LogP contribution in [0.25, 0.3) is 6.08 Å². The number of hydrogen-bond acceptors (Lipinski definition) is 2. The van der Waals surface area contributed by atoms with Gasteiger partial charge in [-0.2, -0.15) is 0 Å². The third-order valence-corrected chi connectivity index (χ3v) is 4.12. The fourth-order valence-electron chi connectivity index (χ4n) is 2.55. The average Bonchev–Trinajstić information content (AvgIpc) is 2.59. The summed E-state index contributed by atoms with van der Waals surface area (Å²) in [5, 5.41) is 0. The van der Waals surface area contributed by atoms with Crippen molar-refractivity contribution in [2.24, 2.45) is 0 Å². The lowest BCUT2D eigenvalue weighted by atomic mass is 10.0. The smallest absolute Gasteiger partial charge is 0.186 e. The summed E-state index contributed by atoms with van der Waals surface area (Å²) in [4.78, 5) is 14.6. The Labute approximate surface area is 139 Å². The molecule has 0 radical (unpaired) electrons. The van der Waals surface area contributed by atoms with Gasteiger partial charge in [-0.05, 0) is 42.8 Å². The van der Waals surface area contributed by atoms with Crippen molar-refractivity contribution in [1.82, 2.24) is 4.90 Å². The van der Waals surface area contributed by atoms with Gasteiger partial charge in [0.2, 0.25) is 0 Å². The molecular formula is C21H25NO. The largest absolute Gasteiger partial charge is 0.300 e. The molecule has 0 spiro atoms. The van der Waals surface area contributed by atoms with E-state index in [4.69, 9.17) is 0 Å². The highest BCUT2D eigenvalue weighted by atomic mass is 16.1. The Morgan fingerprint density at radius 3 is 2.26 bits per heavy atom. The first-order valence-corrected chi connectivity index (χ1v) is 8.23. The highest BCUT2D eigenvalue weighted by Crippen LogP contribution is 2.12. The summed E-state index contributed by atoms with van der Waals surface area (Å²) in [7, 11) is 0. The molecule has 0 bridgehead atoms. The third-order valence-electron chi connectivity index (χ3n) is 4.12. The Balaban J connectivity index is 2.03. The molecule has 120 valence electrons. The molecule has 2 aromatic rings. The maximum atomic E-state index is 12.2. The van der Waals surface area contributed by atoms with Gasteiger partial charge in [-0.3, -0.25) is 9.69 Å². The van der Waals surface area contributed by atoms with Crippen molar-refractivity contribution in [2.45, 2.75) is 27.3 Å². The summed E-state index contributed by atoms with van der Waals surface area (Å²) in [6.45, 7) is 9.41. The fourth-order valence-corrected chi connectivity index (χ4v) is 2.55. The van der Waals surface area contributed by atoms with Crippen LogP contribution in [0.2, 0.25) is 0 Å². The van der Waals surface area contributed by atoms with E-state index in [0.29, 0.717) is 0 Å². The van der Waals surface area contributed by atoms with E-state index in [1.807, 2.05) is 37.3 Å². The maximum Gasteiger partial charge on any atom is 0.186 e. The number of rotatable bonds is 7. The molecule has 0 heterocycles. The summed E-state index contributed by atoms with van der Waals surface area (Å²) < 4.78 is 0. The van der Waals surface area contributed by atoms with Crippen molar-refractivity contribution in [3.63, 3.8) is 0 Å². The van der Waals surface area contributed by atoms with E-state index < -0.39 is 0 Å². The van der Waals surface area contributed by atoms with E-state index in [2.05, 4.69) is 43.0 Å². The molecule has 2 nitrogen and oxygen atoms in total. The number of hydrogen-bond donors (Lipinski definition) is 0. The van der Waals surface area contributed by atoms with Gasteiger partial charge in [0.1, 0.15) is 0 Å². The van der Waals surface area contributed by atoms with Gasteiger partial charge in [0.05, 0.1) is 0 Å². The molecule has 0 aliphatic carbocycles. The minimum absolute atomic E-state index is 0.0512. The Hall–Kier alpha value is -2.19. The first-order chi connectivity index (χ1) is 11.1. The van der Waals surface area contributed by atoms with Crippen molar-refractivity contribution >= 4 is 11.9 Å². The second kappa shape index (κ2) is 8.44. The number of ketones is 1. The molecule has 0 amide bonds. The Bertz CT molecular complexity index is 666. The van der Waals surface area contributed by atoms with E-state index in [1.54, 1.807) is 6.08 Å². The summed E-state index contributed by atoms with van der Waals surface area (Å²) >= 11 is 0. The van der Waals surface area contributed by atoms with E-state index in [0.717, 1.165) is 36.3 Å². The first kappa shape index (κ1) is 17.2. The van der Waals surface area contributed by atoms with Crippen molar-refractivity contribution in [2.75, 3.05) is 13.1 Å². The van der Waals surface area contributed by atoms with Crippen LogP contribution in [0.15, 0.2) is 54.6 Å². The monoisotopic (exact) mass is 307 g/mol. The average molecular weight is 307 g/mol. The van der Waals surface area contributed by atoms with Crippen LogP contribution >= 0.6 is 0 Å². The fraction of sp³-hybridized carbons (Fsp3) is 0.286. The number of carbonyl (C=O) groups is 1. The zero-order valence-corrected chi connectivity index (χ0v) is 14.3. The van der Waals surface area contributed by atoms with Gasteiger partial charge in [0, 0.05) is 12.1 Å². The van der Waals surface area contributed by atoms with Crippen molar-refractivity contribution in [3.8, 4) is 0 Å². The van der Waals surface area contributed by atoms with Crippen LogP contribution in [0.3, 0.4) is 0 Å². The third kappa shape index (κ3) is 4.90. The van der Waals surface area contributed by atoms with E-state index in [9.17, 15) is 4.79 Å². The standard InChI is InChI=1S/C21H25NO/c1-4-22(5-2)16-19-12-10-18(11-13-19)14-15-21(23)20-9-7-6-8-17(20)3/h6-15H,4-5,16H2,1-3H3. The molecule has 0 fully saturated rings. The summed E-state index contributed by atoms with van der Waals surface area (Å²) in [6, 6.07) is 16.1. The molecule has 23 heavy (non-hydrogen) atoms. The molecule has 2 aromatic carbocycles. The van der Waals surface area contributed by atoms with E-state index in [-0.39, 0.29) is 5.78 Å². The number of carbonyl (C=O) groups excluding carboxylic acids is 1. The first-order valence-electron chi connectivity index (χ1n) is 8.23. The van der Waals surface area contributed by atoms with Gasteiger partial charge in [-0.1, -0.05) is 68.5 Å². The van der Waals surface area contributed by atoms with Gasteiger partial charge in [0.25, 0.3) is 0 Å². The van der Waals surface area contributed by atoms with Crippen molar-refractivity contribution < 1.29 is 4.79 Å². The Morgan fingerprint density at radius 2 is 1.65 bits per heavy atom. The number of benzene rings is 2. The molecule has 0 unspecified atom stereocenters. The molecular weight excluding hydrogens is 282 g/mol. The second-order valence-electron chi connectivity index (χ2n) is 5.72. The lowest BCUT2D eigenvalue weighted by molar-refractivity contribution is 0.104. The molecule has 0 saturated heterocycles. The highest BCUT2D eigenvalue weighted by molar-refractivity contribution is 6.07. The topological polar surface area (TPSA) is 20.3 Å².